The number of nitrogens with zero attached hydrogens (tertiary/aromatic N) is 2. The van der Waals surface area contributed by atoms with E-state index in [4.69, 9.17) is 4.74 Å². The Morgan fingerprint density at radius 3 is 2.64 bits per heavy atom. The lowest BCUT2D eigenvalue weighted by Crippen LogP contribution is -2.27. The number of carbonyl (C=O) groups excluding carboxylic acids is 1. The Balaban J connectivity index is 2.22. The summed E-state index contributed by atoms with van der Waals surface area (Å²) < 4.78 is 31.7. The Bertz CT molecular complexity index is 705. The maximum atomic E-state index is 13.7. The Labute approximate surface area is 127 Å². The molecule has 0 atom stereocenters. The SMILES string of the molecule is COc1nc(C)ccc1C(=O)N(C)Cc1ccc(F)cc1F. The topological polar surface area (TPSA) is 42.4 Å². The molecule has 0 radical (unpaired) electrons. The first-order chi connectivity index (χ1) is 10.4. The largest absolute Gasteiger partial charge is 0.480 e. The van der Waals surface area contributed by atoms with E-state index in [-0.39, 0.29) is 29.5 Å². The molecule has 1 amide bonds. The van der Waals surface area contributed by atoms with Crippen molar-refractivity contribution in [3.8, 4) is 5.88 Å². The highest BCUT2D eigenvalue weighted by atomic mass is 19.1. The number of benzene rings is 1. The second-order valence-corrected chi connectivity index (χ2v) is 4.91. The smallest absolute Gasteiger partial charge is 0.259 e. The Morgan fingerprint density at radius 1 is 1.27 bits per heavy atom. The van der Waals surface area contributed by atoms with Crippen LogP contribution in [0.2, 0.25) is 0 Å². The number of hydrogen-bond acceptors (Lipinski definition) is 3. The van der Waals surface area contributed by atoms with Gasteiger partial charge in [-0.05, 0) is 25.1 Å². The molecule has 6 heteroatoms. The van der Waals surface area contributed by atoms with E-state index in [0.717, 1.165) is 17.8 Å². The Hall–Kier alpha value is -2.50. The molecule has 2 aromatic rings. The molecule has 0 aliphatic rings. The third-order valence-electron chi connectivity index (χ3n) is 3.19. The summed E-state index contributed by atoms with van der Waals surface area (Å²) in [4.78, 5) is 17.9. The molecule has 0 unspecified atom stereocenters. The van der Waals surface area contributed by atoms with Gasteiger partial charge in [-0.15, -0.1) is 0 Å². The molecule has 116 valence electrons. The predicted octanol–water partition coefficient (Wildman–Crippen LogP) is 2.95. The fraction of sp³-hybridized carbons (Fsp3) is 0.250. The van der Waals surface area contributed by atoms with Crippen molar-refractivity contribution in [2.75, 3.05) is 14.2 Å². The number of hydrogen-bond donors (Lipinski definition) is 0. The second-order valence-electron chi connectivity index (χ2n) is 4.91. The Kier molecular flexibility index (Phi) is 4.70. The van der Waals surface area contributed by atoms with Gasteiger partial charge in [0, 0.05) is 30.9 Å². The van der Waals surface area contributed by atoms with Gasteiger partial charge in [0.15, 0.2) is 0 Å². The van der Waals surface area contributed by atoms with Crippen LogP contribution >= 0.6 is 0 Å². The molecule has 1 aromatic carbocycles. The van der Waals surface area contributed by atoms with E-state index in [1.165, 1.54) is 25.1 Å². The zero-order chi connectivity index (χ0) is 16.3. The van der Waals surface area contributed by atoms with Gasteiger partial charge < -0.3 is 9.64 Å². The van der Waals surface area contributed by atoms with Crippen LogP contribution < -0.4 is 4.74 Å². The lowest BCUT2D eigenvalue weighted by atomic mass is 10.1. The van der Waals surface area contributed by atoms with Gasteiger partial charge in [-0.1, -0.05) is 6.07 Å². The molecule has 0 saturated carbocycles. The first kappa shape index (κ1) is 15.9. The van der Waals surface area contributed by atoms with Crippen LogP contribution in [0.4, 0.5) is 8.78 Å². The van der Waals surface area contributed by atoms with Crippen molar-refractivity contribution in [1.82, 2.24) is 9.88 Å². The van der Waals surface area contributed by atoms with Crippen molar-refractivity contribution in [3.05, 3.63) is 58.8 Å². The van der Waals surface area contributed by atoms with E-state index >= 15 is 0 Å². The fourth-order valence-electron chi connectivity index (χ4n) is 2.03. The number of aryl methyl sites for hydroxylation is 1. The lowest BCUT2D eigenvalue weighted by molar-refractivity contribution is 0.0779. The average molecular weight is 306 g/mol. The molecule has 0 aliphatic carbocycles. The van der Waals surface area contributed by atoms with E-state index in [9.17, 15) is 13.6 Å². The number of aromatic nitrogens is 1. The fourth-order valence-corrected chi connectivity index (χ4v) is 2.03. The monoisotopic (exact) mass is 306 g/mol. The van der Waals surface area contributed by atoms with Crippen LogP contribution in [0, 0.1) is 18.6 Å². The summed E-state index contributed by atoms with van der Waals surface area (Å²) in [5.74, 6) is -1.47. The number of halogens is 2. The van der Waals surface area contributed by atoms with E-state index in [0.29, 0.717) is 0 Å². The maximum Gasteiger partial charge on any atom is 0.259 e. The summed E-state index contributed by atoms with van der Waals surface area (Å²) in [6, 6.07) is 6.58. The third kappa shape index (κ3) is 3.39. The van der Waals surface area contributed by atoms with Crippen LogP contribution in [0.25, 0.3) is 0 Å². The maximum absolute atomic E-state index is 13.7. The second kappa shape index (κ2) is 6.51. The molecular weight excluding hydrogens is 290 g/mol. The quantitative estimate of drug-likeness (QED) is 0.872. The third-order valence-corrected chi connectivity index (χ3v) is 3.19. The standard InChI is InChI=1S/C16H16F2N2O2/c1-10-4-7-13(15(19-10)22-3)16(21)20(2)9-11-5-6-12(17)8-14(11)18/h4-8H,9H2,1-3H3. The minimum absolute atomic E-state index is 0.0159. The predicted molar refractivity (Wildman–Crippen MR) is 77.7 cm³/mol. The van der Waals surface area contributed by atoms with Gasteiger partial charge >= 0.3 is 0 Å². The number of pyridine rings is 1. The van der Waals surface area contributed by atoms with Crippen LogP contribution in [0.1, 0.15) is 21.6 Å². The molecule has 4 nitrogen and oxygen atoms in total. The first-order valence-electron chi connectivity index (χ1n) is 6.63. The summed E-state index contributed by atoms with van der Waals surface area (Å²) in [5, 5.41) is 0. The summed E-state index contributed by atoms with van der Waals surface area (Å²) in [7, 11) is 2.96. The number of rotatable bonds is 4. The average Bonchev–Trinajstić information content (AvgIpc) is 2.49. The molecule has 0 fully saturated rings. The Morgan fingerprint density at radius 2 is 2.00 bits per heavy atom. The van der Waals surface area contributed by atoms with E-state index in [1.807, 2.05) is 0 Å². The molecule has 0 bridgehead atoms. The minimum Gasteiger partial charge on any atom is -0.480 e. The van der Waals surface area contributed by atoms with Gasteiger partial charge in [0.2, 0.25) is 5.88 Å². The molecule has 22 heavy (non-hydrogen) atoms. The number of ether oxygens (including phenoxy) is 1. The van der Waals surface area contributed by atoms with Crippen molar-refractivity contribution < 1.29 is 18.3 Å². The minimum atomic E-state index is -0.686. The lowest BCUT2D eigenvalue weighted by Gasteiger charge is -2.19. The molecule has 1 heterocycles. The molecule has 0 saturated heterocycles. The molecular formula is C16H16F2N2O2. The molecule has 0 spiro atoms. The summed E-state index contributed by atoms with van der Waals surface area (Å²) in [6.07, 6.45) is 0. The summed E-state index contributed by atoms with van der Waals surface area (Å²) in [5.41, 5.74) is 1.25. The summed E-state index contributed by atoms with van der Waals surface area (Å²) >= 11 is 0. The van der Waals surface area contributed by atoms with E-state index in [1.54, 1.807) is 19.1 Å². The molecule has 2 rings (SSSR count). The summed E-state index contributed by atoms with van der Waals surface area (Å²) in [6.45, 7) is 1.80. The van der Waals surface area contributed by atoms with Crippen molar-refractivity contribution in [2.45, 2.75) is 13.5 Å². The molecule has 0 N–H and O–H groups in total. The van der Waals surface area contributed by atoms with Crippen molar-refractivity contribution in [1.29, 1.82) is 0 Å². The normalized spacial score (nSPS) is 10.4. The number of methoxy groups -OCH3 is 1. The van der Waals surface area contributed by atoms with Gasteiger partial charge in [0.25, 0.3) is 5.91 Å². The van der Waals surface area contributed by atoms with Crippen molar-refractivity contribution >= 4 is 5.91 Å². The van der Waals surface area contributed by atoms with Crippen LogP contribution in [-0.2, 0) is 6.54 Å². The highest BCUT2D eigenvalue weighted by molar-refractivity contribution is 5.96. The molecule has 0 aliphatic heterocycles. The van der Waals surface area contributed by atoms with Crippen molar-refractivity contribution in [3.63, 3.8) is 0 Å². The van der Waals surface area contributed by atoms with Crippen LogP contribution in [-0.4, -0.2) is 29.9 Å². The number of amides is 1. The van der Waals surface area contributed by atoms with Crippen molar-refractivity contribution in [2.24, 2.45) is 0 Å². The van der Waals surface area contributed by atoms with E-state index < -0.39 is 11.6 Å². The first-order valence-corrected chi connectivity index (χ1v) is 6.63. The highest BCUT2D eigenvalue weighted by Gasteiger charge is 2.19. The highest BCUT2D eigenvalue weighted by Crippen LogP contribution is 2.19. The number of carbonyl (C=O) groups is 1. The van der Waals surface area contributed by atoms with Gasteiger partial charge in [-0.2, -0.15) is 0 Å². The zero-order valence-corrected chi connectivity index (χ0v) is 12.6. The van der Waals surface area contributed by atoms with Gasteiger partial charge in [0.1, 0.15) is 17.2 Å². The zero-order valence-electron chi connectivity index (χ0n) is 12.6. The van der Waals surface area contributed by atoms with Crippen LogP contribution in [0.3, 0.4) is 0 Å². The van der Waals surface area contributed by atoms with Crippen LogP contribution in [0.15, 0.2) is 30.3 Å². The van der Waals surface area contributed by atoms with Gasteiger partial charge in [0.05, 0.1) is 7.11 Å². The molecule has 1 aromatic heterocycles. The van der Waals surface area contributed by atoms with Gasteiger partial charge in [-0.3, -0.25) is 4.79 Å². The van der Waals surface area contributed by atoms with E-state index in [2.05, 4.69) is 4.98 Å². The van der Waals surface area contributed by atoms with Gasteiger partial charge in [-0.25, -0.2) is 13.8 Å². The van der Waals surface area contributed by atoms with Crippen LogP contribution in [0.5, 0.6) is 5.88 Å².